The zero-order chi connectivity index (χ0) is 12.7. The first-order chi connectivity index (χ1) is 8.13. The molecule has 0 aromatic carbocycles. The van der Waals surface area contributed by atoms with Gasteiger partial charge in [-0.25, -0.2) is 4.79 Å². The zero-order valence-corrected chi connectivity index (χ0v) is 10.4. The molecule has 1 fully saturated rings. The Kier molecular flexibility index (Phi) is 5.76. The molecule has 0 aromatic rings. The molecule has 1 atom stereocenters. The number of hydrogen-bond acceptors (Lipinski definition) is 4. The van der Waals surface area contributed by atoms with Gasteiger partial charge in [0.25, 0.3) is 0 Å². The molecule has 1 unspecified atom stereocenters. The van der Waals surface area contributed by atoms with Crippen molar-refractivity contribution < 1.29 is 19.1 Å². The van der Waals surface area contributed by atoms with E-state index in [4.69, 9.17) is 9.47 Å². The van der Waals surface area contributed by atoms with Gasteiger partial charge in [-0.3, -0.25) is 4.79 Å². The lowest BCUT2D eigenvalue weighted by atomic mass is 10.2. The van der Waals surface area contributed by atoms with Gasteiger partial charge in [-0.15, -0.1) is 0 Å². The van der Waals surface area contributed by atoms with E-state index in [0.717, 1.165) is 6.42 Å². The maximum Gasteiger partial charge on any atom is 0.409 e. The number of methoxy groups -OCH3 is 1. The van der Waals surface area contributed by atoms with Crippen molar-refractivity contribution in [3.8, 4) is 0 Å². The van der Waals surface area contributed by atoms with Crippen molar-refractivity contribution in [3.05, 3.63) is 0 Å². The molecule has 1 aliphatic heterocycles. The monoisotopic (exact) mass is 244 g/mol. The Morgan fingerprint density at radius 1 is 1.65 bits per heavy atom. The van der Waals surface area contributed by atoms with Crippen LogP contribution in [0.2, 0.25) is 0 Å². The van der Waals surface area contributed by atoms with Crippen LogP contribution in [0.4, 0.5) is 4.79 Å². The first kappa shape index (κ1) is 13.8. The van der Waals surface area contributed by atoms with E-state index in [0.29, 0.717) is 32.5 Å². The van der Waals surface area contributed by atoms with Crippen molar-refractivity contribution in [3.63, 3.8) is 0 Å². The summed E-state index contributed by atoms with van der Waals surface area (Å²) in [6.45, 7) is 1.83. The third-order valence-corrected chi connectivity index (χ3v) is 2.60. The summed E-state index contributed by atoms with van der Waals surface area (Å²) in [5, 5.41) is 2.79. The largest absolute Gasteiger partial charge is 0.444 e. The smallest absolute Gasteiger partial charge is 0.409 e. The predicted octanol–water partition coefficient (Wildman–Crippen LogP) is 0.370. The van der Waals surface area contributed by atoms with Crippen LogP contribution in [0.25, 0.3) is 0 Å². The fourth-order valence-electron chi connectivity index (χ4n) is 1.62. The Hall–Kier alpha value is -1.30. The van der Waals surface area contributed by atoms with Crippen molar-refractivity contribution in [2.75, 3.05) is 33.9 Å². The lowest BCUT2D eigenvalue weighted by molar-refractivity contribution is -0.121. The van der Waals surface area contributed by atoms with E-state index in [9.17, 15) is 9.59 Å². The molecule has 17 heavy (non-hydrogen) atoms. The Labute approximate surface area is 101 Å². The summed E-state index contributed by atoms with van der Waals surface area (Å²) in [5.74, 6) is -0.00768. The molecular weight excluding hydrogens is 224 g/mol. The van der Waals surface area contributed by atoms with Crippen molar-refractivity contribution in [1.82, 2.24) is 10.2 Å². The van der Waals surface area contributed by atoms with E-state index in [2.05, 4.69) is 5.32 Å². The number of nitrogens with zero attached hydrogens (tertiary/aromatic N) is 1. The molecule has 0 aromatic heterocycles. The standard InChI is InChI=1S/C11H20N2O4/c1-13-8-9(17-11(13)15)4-5-10(14)12-6-3-7-16-2/h9H,3-8H2,1-2H3,(H,12,14). The molecule has 1 aliphatic rings. The fourth-order valence-corrected chi connectivity index (χ4v) is 1.62. The fraction of sp³-hybridized carbons (Fsp3) is 0.818. The molecule has 0 bridgehead atoms. The lowest BCUT2D eigenvalue weighted by Crippen LogP contribution is -2.26. The first-order valence-electron chi connectivity index (χ1n) is 5.81. The summed E-state index contributed by atoms with van der Waals surface area (Å²) >= 11 is 0. The quantitative estimate of drug-likeness (QED) is 0.657. The van der Waals surface area contributed by atoms with Crippen molar-refractivity contribution in [1.29, 1.82) is 0 Å². The van der Waals surface area contributed by atoms with E-state index in [1.54, 1.807) is 14.2 Å². The number of hydrogen-bond donors (Lipinski definition) is 1. The van der Waals surface area contributed by atoms with Crippen molar-refractivity contribution in [2.24, 2.45) is 0 Å². The normalized spacial score (nSPS) is 19.3. The van der Waals surface area contributed by atoms with Gasteiger partial charge in [-0.1, -0.05) is 0 Å². The van der Waals surface area contributed by atoms with Crippen LogP contribution in [0.15, 0.2) is 0 Å². The molecule has 98 valence electrons. The SMILES string of the molecule is COCCCNC(=O)CCC1CN(C)C(=O)O1. The molecule has 0 aliphatic carbocycles. The molecule has 0 radical (unpaired) electrons. The summed E-state index contributed by atoms with van der Waals surface area (Å²) in [4.78, 5) is 24.0. The summed E-state index contributed by atoms with van der Waals surface area (Å²) in [6, 6.07) is 0. The molecule has 1 rings (SSSR count). The summed E-state index contributed by atoms with van der Waals surface area (Å²) in [6.07, 6.45) is 1.31. The number of cyclic esters (lactones) is 1. The summed E-state index contributed by atoms with van der Waals surface area (Å²) in [5.41, 5.74) is 0. The maximum absolute atomic E-state index is 11.4. The molecular formula is C11H20N2O4. The highest BCUT2D eigenvalue weighted by molar-refractivity contribution is 5.76. The number of carbonyl (C=O) groups is 2. The first-order valence-corrected chi connectivity index (χ1v) is 5.81. The lowest BCUT2D eigenvalue weighted by Gasteiger charge is -2.08. The number of nitrogens with one attached hydrogen (secondary N) is 1. The van der Waals surface area contributed by atoms with E-state index in [1.165, 1.54) is 4.90 Å². The molecule has 0 saturated carbocycles. The number of ether oxygens (including phenoxy) is 2. The Morgan fingerprint density at radius 3 is 3.00 bits per heavy atom. The molecule has 1 saturated heterocycles. The van der Waals surface area contributed by atoms with Crippen LogP contribution in [-0.4, -0.2) is 56.9 Å². The number of amides is 2. The Balaban J connectivity index is 2.06. The van der Waals surface area contributed by atoms with Crippen LogP contribution in [0.3, 0.4) is 0 Å². The molecule has 1 N–H and O–H groups in total. The van der Waals surface area contributed by atoms with Gasteiger partial charge in [-0.05, 0) is 12.8 Å². The van der Waals surface area contributed by atoms with E-state index in [-0.39, 0.29) is 18.1 Å². The maximum atomic E-state index is 11.4. The van der Waals surface area contributed by atoms with Crippen LogP contribution < -0.4 is 5.32 Å². The van der Waals surface area contributed by atoms with Crippen molar-refractivity contribution >= 4 is 12.0 Å². The summed E-state index contributed by atoms with van der Waals surface area (Å²) < 4.78 is 9.93. The van der Waals surface area contributed by atoms with Crippen LogP contribution in [0, 0.1) is 0 Å². The molecule has 6 heteroatoms. The topological polar surface area (TPSA) is 67.9 Å². The van der Waals surface area contributed by atoms with E-state index in [1.807, 2.05) is 0 Å². The van der Waals surface area contributed by atoms with Gasteiger partial charge in [0, 0.05) is 33.7 Å². The highest BCUT2D eigenvalue weighted by atomic mass is 16.6. The van der Waals surface area contributed by atoms with Gasteiger partial charge in [0.05, 0.1) is 6.54 Å². The van der Waals surface area contributed by atoms with Gasteiger partial charge < -0.3 is 19.7 Å². The minimum absolute atomic E-state index is 0.00768. The minimum atomic E-state index is -0.310. The van der Waals surface area contributed by atoms with Crippen LogP contribution in [-0.2, 0) is 14.3 Å². The van der Waals surface area contributed by atoms with Gasteiger partial charge >= 0.3 is 6.09 Å². The second kappa shape index (κ2) is 7.11. The molecule has 2 amide bonds. The molecule has 0 spiro atoms. The average molecular weight is 244 g/mol. The summed E-state index contributed by atoms with van der Waals surface area (Å²) in [7, 11) is 3.32. The van der Waals surface area contributed by atoms with E-state index < -0.39 is 0 Å². The van der Waals surface area contributed by atoms with Gasteiger partial charge in [0.15, 0.2) is 0 Å². The highest BCUT2D eigenvalue weighted by Gasteiger charge is 2.28. The Bertz CT molecular complexity index is 270. The van der Waals surface area contributed by atoms with Gasteiger partial charge in [0.2, 0.25) is 5.91 Å². The number of likely N-dealkylation sites (N-methyl/N-ethyl adjacent to an activating group) is 1. The second-order valence-electron chi connectivity index (χ2n) is 4.12. The number of rotatable bonds is 7. The zero-order valence-electron chi connectivity index (χ0n) is 10.4. The van der Waals surface area contributed by atoms with Gasteiger partial charge in [0.1, 0.15) is 6.10 Å². The molecule has 6 nitrogen and oxygen atoms in total. The predicted molar refractivity (Wildman–Crippen MR) is 61.6 cm³/mol. The Morgan fingerprint density at radius 2 is 2.41 bits per heavy atom. The number of carbonyl (C=O) groups excluding carboxylic acids is 2. The van der Waals surface area contributed by atoms with Crippen LogP contribution >= 0.6 is 0 Å². The highest BCUT2D eigenvalue weighted by Crippen LogP contribution is 2.13. The average Bonchev–Trinajstić information content (AvgIpc) is 2.62. The minimum Gasteiger partial charge on any atom is -0.444 e. The van der Waals surface area contributed by atoms with E-state index >= 15 is 0 Å². The van der Waals surface area contributed by atoms with Crippen LogP contribution in [0.1, 0.15) is 19.3 Å². The molecule has 1 heterocycles. The van der Waals surface area contributed by atoms with Crippen molar-refractivity contribution in [2.45, 2.75) is 25.4 Å². The van der Waals surface area contributed by atoms with Gasteiger partial charge in [-0.2, -0.15) is 0 Å². The van der Waals surface area contributed by atoms with Crippen LogP contribution in [0.5, 0.6) is 0 Å². The second-order valence-corrected chi connectivity index (χ2v) is 4.12. The third-order valence-electron chi connectivity index (χ3n) is 2.60. The third kappa shape index (κ3) is 5.04.